The zero-order chi connectivity index (χ0) is 15.6. The Morgan fingerprint density at radius 3 is 2.52 bits per heavy atom. The molecule has 0 radical (unpaired) electrons. The number of anilines is 1. The molecule has 0 saturated heterocycles. The molecule has 110 valence electrons. The zero-order valence-electron chi connectivity index (χ0n) is 10.7. The maximum atomic E-state index is 13.7. The number of halogens is 4. The number of amides is 1. The third kappa shape index (κ3) is 3.59. The van der Waals surface area contributed by atoms with E-state index in [-0.39, 0.29) is 15.7 Å². The summed E-state index contributed by atoms with van der Waals surface area (Å²) in [6.45, 7) is 0. The van der Waals surface area contributed by atoms with Crippen LogP contribution < -0.4 is 10.1 Å². The topological polar surface area (TPSA) is 38.3 Å². The van der Waals surface area contributed by atoms with Gasteiger partial charge in [0.15, 0.2) is 0 Å². The lowest BCUT2D eigenvalue weighted by atomic mass is 10.2. The number of benzene rings is 2. The average molecular weight is 421 g/mol. The van der Waals surface area contributed by atoms with Gasteiger partial charge in [0, 0.05) is 10.5 Å². The average Bonchev–Trinajstić information content (AvgIpc) is 2.44. The number of carbonyl (C=O) groups excluding carboxylic acids is 1. The van der Waals surface area contributed by atoms with Gasteiger partial charge in [0.2, 0.25) is 0 Å². The molecule has 0 bridgehead atoms. The quantitative estimate of drug-likeness (QED) is 0.727. The van der Waals surface area contributed by atoms with E-state index in [1.54, 1.807) is 12.1 Å². The van der Waals surface area contributed by atoms with Crippen LogP contribution in [0.15, 0.2) is 39.3 Å². The first-order valence-corrected chi connectivity index (χ1v) is 7.30. The van der Waals surface area contributed by atoms with Crippen LogP contribution in [0.2, 0.25) is 0 Å². The largest absolute Gasteiger partial charge is 0.496 e. The summed E-state index contributed by atoms with van der Waals surface area (Å²) in [5.41, 5.74) is -0.0332. The number of hydrogen-bond acceptors (Lipinski definition) is 2. The Kier molecular flexibility index (Phi) is 4.95. The second-order valence-corrected chi connectivity index (χ2v) is 5.81. The Balaban J connectivity index is 2.32. The molecule has 2 rings (SSSR count). The highest BCUT2D eigenvalue weighted by Crippen LogP contribution is 2.27. The molecule has 7 heteroatoms. The highest BCUT2D eigenvalue weighted by molar-refractivity contribution is 9.10. The van der Waals surface area contributed by atoms with Crippen LogP contribution in [-0.4, -0.2) is 13.0 Å². The highest BCUT2D eigenvalue weighted by Gasteiger charge is 2.16. The maximum absolute atomic E-state index is 13.7. The minimum atomic E-state index is -0.743. The van der Waals surface area contributed by atoms with E-state index in [1.165, 1.54) is 13.2 Å². The molecule has 0 fully saturated rings. The van der Waals surface area contributed by atoms with Crippen LogP contribution in [0.5, 0.6) is 5.75 Å². The van der Waals surface area contributed by atoms with Crippen LogP contribution in [0.4, 0.5) is 14.5 Å². The third-order valence-electron chi connectivity index (χ3n) is 2.67. The van der Waals surface area contributed by atoms with Crippen molar-refractivity contribution in [2.24, 2.45) is 0 Å². The number of methoxy groups -OCH3 is 1. The van der Waals surface area contributed by atoms with Gasteiger partial charge in [0.25, 0.3) is 5.91 Å². The summed E-state index contributed by atoms with van der Waals surface area (Å²) in [7, 11) is 1.42. The molecular formula is C14H9Br2F2NO2. The van der Waals surface area contributed by atoms with Crippen molar-refractivity contribution >= 4 is 43.5 Å². The molecule has 0 aliphatic carbocycles. The number of hydrogen-bond donors (Lipinski definition) is 1. The molecule has 2 aromatic rings. The van der Waals surface area contributed by atoms with E-state index in [0.717, 1.165) is 16.6 Å². The molecule has 1 amide bonds. The van der Waals surface area contributed by atoms with E-state index in [1.807, 2.05) is 0 Å². The summed E-state index contributed by atoms with van der Waals surface area (Å²) in [6, 6.07) is 6.63. The summed E-state index contributed by atoms with van der Waals surface area (Å²) < 4.78 is 32.9. The molecule has 21 heavy (non-hydrogen) atoms. The van der Waals surface area contributed by atoms with Gasteiger partial charge in [-0.15, -0.1) is 0 Å². The second-order valence-electron chi connectivity index (χ2n) is 4.04. The van der Waals surface area contributed by atoms with Gasteiger partial charge in [-0.2, -0.15) is 0 Å². The summed E-state index contributed by atoms with van der Waals surface area (Å²) in [4.78, 5) is 12.1. The standard InChI is InChI=1S/C14H9Br2F2NO2/c1-21-13-4-7(15)2-3-8(13)14(20)19-12-6-10(17)9(16)5-11(12)18/h2-6H,1H3,(H,19,20). The monoisotopic (exact) mass is 419 g/mol. The molecule has 0 aromatic heterocycles. The van der Waals surface area contributed by atoms with E-state index in [0.29, 0.717) is 5.75 Å². The number of ether oxygens (including phenoxy) is 1. The Labute approximate surface area is 136 Å². The summed E-state index contributed by atoms with van der Waals surface area (Å²) >= 11 is 6.12. The number of rotatable bonds is 3. The highest BCUT2D eigenvalue weighted by atomic mass is 79.9. The van der Waals surface area contributed by atoms with Gasteiger partial charge in [-0.1, -0.05) is 15.9 Å². The Morgan fingerprint density at radius 1 is 1.14 bits per heavy atom. The fraction of sp³-hybridized carbons (Fsp3) is 0.0714. The SMILES string of the molecule is COc1cc(Br)ccc1C(=O)Nc1cc(F)c(Br)cc1F. The molecule has 3 nitrogen and oxygen atoms in total. The number of carbonyl (C=O) groups is 1. The molecule has 0 aliphatic rings. The predicted molar refractivity (Wildman–Crippen MR) is 82.7 cm³/mol. The van der Waals surface area contributed by atoms with E-state index in [9.17, 15) is 13.6 Å². The van der Waals surface area contributed by atoms with Gasteiger partial charge in [-0.25, -0.2) is 8.78 Å². The fourth-order valence-electron chi connectivity index (χ4n) is 1.66. The van der Waals surface area contributed by atoms with E-state index >= 15 is 0 Å². The van der Waals surface area contributed by atoms with E-state index in [2.05, 4.69) is 37.2 Å². The van der Waals surface area contributed by atoms with Gasteiger partial charge >= 0.3 is 0 Å². The first-order chi connectivity index (χ1) is 9.92. The van der Waals surface area contributed by atoms with Crippen molar-refractivity contribution in [3.05, 3.63) is 56.5 Å². The first kappa shape index (κ1) is 15.9. The molecule has 0 saturated carbocycles. The normalized spacial score (nSPS) is 10.3. The predicted octanol–water partition coefficient (Wildman–Crippen LogP) is 4.75. The Bertz CT molecular complexity index is 708. The van der Waals surface area contributed by atoms with Gasteiger partial charge < -0.3 is 10.1 Å². The lowest BCUT2D eigenvalue weighted by Crippen LogP contribution is -2.14. The second kappa shape index (κ2) is 6.53. The smallest absolute Gasteiger partial charge is 0.259 e. The van der Waals surface area contributed by atoms with Crippen molar-refractivity contribution < 1.29 is 18.3 Å². The van der Waals surface area contributed by atoms with Gasteiger partial charge in [-0.3, -0.25) is 4.79 Å². The van der Waals surface area contributed by atoms with Gasteiger partial charge in [0.1, 0.15) is 17.4 Å². The van der Waals surface area contributed by atoms with Crippen LogP contribution in [0, 0.1) is 11.6 Å². The molecule has 0 unspecified atom stereocenters. The molecule has 2 aromatic carbocycles. The van der Waals surface area contributed by atoms with Crippen LogP contribution in [0.3, 0.4) is 0 Å². The Hall–Kier alpha value is -1.47. The van der Waals surface area contributed by atoms with Crippen molar-refractivity contribution in [3.63, 3.8) is 0 Å². The zero-order valence-corrected chi connectivity index (χ0v) is 13.9. The van der Waals surface area contributed by atoms with Crippen molar-refractivity contribution in [3.8, 4) is 5.75 Å². The van der Waals surface area contributed by atoms with Crippen molar-refractivity contribution in [2.75, 3.05) is 12.4 Å². The maximum Gasteiger partial charge on any atom is 0.259 e. The lowest BCUT2D eigenvalue weighted by molar-refractivity contribution is 0.102. The molecule has 0 aliphatic heterocycles. The molecule has 0 spiro atoms. The van der Waals surface area contributed by atoms with Crippen LogP contribution in [-0.2, 0) is 0 Å². The summed E-state index contributed by atoms with van der Waals surface area (Å²) in [6.07, 6.45) is 0. The molecule has 0 atom stereocenters. The molecular weight excluding hydrogens is 412 g/mol. The third-order valence-corrected chi connectivity index (χ3v) is 3.77. The van der Waals surface area contributed by atoms with Crippen LogP contribution in [0.1, 0.15) is 10.4 Å². The fourth-order valence-corrected chi connectivity index (χ4v) is 2.32. The number of nitrogens with one attached hydrogen (secondary N) is 1. The summed E-state index contributed by atoms with van der Waals surface area (Å²) in [5.74, 6) is -1.69. The molecule has 1 N–H and O–H groups in total. The minimum Gasteiger partial charge on any atom is -0.496 e. The van der Waals surface area contributed by atoms with Crippen molar-refractivity contribution in [1.29, 1.82) is 0 Å². The molecule has 0 heterocycles. The van der Waals surface area contributed by atoms with E-state index in [4.69, 9.17) is 4.74 Å². The minimum absolute atomic E-state index is 0.0146. The van der Waals surface area contributed by atoms with Crippen LogP contribution in [0.25, 0.3) is 0 Å². The van der Waals surface area contributed by atoms with Gasteiger partial charge in [0.05, 0.1) is 22.8 Å². The van der Waals surface area contributed by atoms with Crippen LogP contribution >= 0.6 is 31.9 Å². The lowest BCUT2D eigenvalue weighted by Gasteiger charge is -2.11. The van der Waals surface area contributed by atoms with E-state index < -0.39 is 17.5 Å². The first-order valence-electron chi connectivity index (χ1n) is 5.72. The summed E-state index contributed by atoms with van der Waals surface area (Å²) in [5, 5.41) is 2.32. The van der Waals surface area contributed by atoms with Crippen molar-refractivity contribution in [1.82, 2.24) is 0 Å². The Morgan fingerprint density at radius 2 is 1.86 bits per heavy atom. The van der Waals surface area contributed by atoms with Gasteiger partial charge in [-0.05, 0) is 40.2 Å². The van der Waals surface area contributed by atoms with Crippen molar-refractivity contribution in [2.45, 2.75) is 0 Å².